The molecule has 6 heteroatoms. The van der Waals surface area contributed by atoms with Crippen molar-refractivity contribution in [3.63, 3.8) is 0 Å². The van der Waals surface area contributed by atoms with E-state index in [0.717, 1.165) is 27.9 Å². The zero-order valence-corrected chi connectivity index (χ0v) is 17.9. The second-order valence-electron chi connectivity index (χ2n) is 7.35. The molecule has 0 aliphatic rings. The highest BCUT2D eigenvalue weighted by Crippen LogP contribution is 2.37. The number of nitrogens with zero attached hydrogens (tertiary/aromatic N) is 4. The number of carbonyl (C=O) groups excluding carboxylic acids is 1. The number of ketones is 1. The van der Waals surface area contributed by atoms with Crippen LogP contribution in [0.5, 0.6) is 0 Å². The lowest BCUT2D eigenvalue weighted by Crippen LogP contribution is -2.11. The molecular formula is C24H22N4OS. The summed E-state index contributed by atoms with van der Waals surface area (Å²) in [5, 5.41) is 12.3. The van der Waals surface area contributed by atoms with Gasteiger partial charge in [-0.1, -0.05) is 83.6 Å². The van der Waals surface area contributed by atoms with E-state index >= 15 is 0 Å². The predicted octanol–water partition coefficient (Wildman–Crippen LogP) is 5.30. The molecule has 150 valence electrons. The van der Waals surface area contributed by atoms with Crippen LogP contribution < -0.4 is 0 Å². The minimum absolute atomic E-state index is 0.0302. The Morgan fingerprint density at radius 3 is 2.20 bits per heavy atom. The van der Waals surface area contributed by atoms with Crippen molar-refractivity contribution < 1.29 is 4.79 Å². The van der Waals surface area contributed by atoms with Crippen LogP contribution in [0.3, 0.4) is 0 Å². The zero-order valence-electron chi connectivity index (χ0n) is 17.1. The van der Waals surface area contributed by atoms with E-state index < -0.39 is 5.25 Å². The molecule has 0 aliphatic carbocycles. The van der Waals surface area contributed by atoms with Gasteiger partial charge in [-0.2, -0.15) is 4.68 Å². The summed E-state index contributed by atoms with van der Waals surface area (Å²) >= 11 is 1.37. The molecule has 0 fully saturated rings. The van der Waals surface area contributed by atoms with E-state index in [1.165, 1.54) is 11.8 Å². The van der Waals surface area contributed by atoms with E-state index in [1.54, 1.807) is 4.68 Å². The minimum atomic E-state index is -0.456. The first-order chi connectivity index (χ1) is 14.5. The van der Waals surface area contributed by atoms with Crippen molar-refractivity contribution in [3.8, 4) is 5.69 Å². The molecule has 3 aromatic carbocycles. The van der Waals surface area contributed by atoms with Gasteiger partial charge in [0.1, 0.15) is 5.25 Å². The van der Waals surface area contributed by atoms with Gasteiger partial charge in [0, 0.05) is 5.56 Å². The van der Waals surface area contributed by atoms with Gasteiger partial charge in [-0.3, -0.25) is 4.79 Å². The number of tetrazole rings is 1. The number of rotatable bonds is 6. The Balaban J connectivity index is 1.72. The standard InChI is InChI=1S/C24H22N4OS/c1-16-7-11-19(12-8-16)22(29)23(20-13-9-17(2)10-14-20)30-24-25-26-27-28(24)21-6-4-5-18(3)15-21/h4-15,23H,1-3H3/t23-/m1/s1. The van der Waals surface area contributed by atoms with Gasteiger partial charge in [-0.05, 0) is 54.5 Å². The quantitative estimate of drug-likeness (QED) is 0.316. The van der Waals surface area contributed by atoms with Gasteiger partial charge in [-0.15, -0.1) is 5.10 Å². The molecule has 0 saturated carbocycles. The van der Waals surface area contributed by atoms with Crippen molar-refractivity contribution in [1.29, 1.82) is 0 Å². The first kappa shape index (κ1) is 20.0. The van der Waals surface area contributed by atoms with E-state index in [0.29, 0.717) is 10.7 Å². The Kier molecular flexibility index (Phi) is 5.77. The van der Waals surface area contributed by atoms with Gasteiger partial charge in [-0.25, -0.2) is 0 Å². The first-order valence-electron chi connectivity index (χ1n) is 9.71. The Hall–Kier alpha value is -3.25. The minimum Gasteiger partial charge on any atom is -0.293 e. The highest BCUT2D eigenvalue weighted by Gasteiger charge is 2.26. The molecular weight excluding hydrogens is 392 g/mol. The Labute approximate surface area is 180 Å². The molecule has 0 saturated heterocycles. The fourth-order valence-electron chi connectivity index (χ4n) is 3.16. The molecule has 0 radical (unpaired) electrons. The van der Waals surface area contributed by atoms with Crippen LogP contribution in [0.2, 0.25) is 0 Å². The molecule has 1 atom stereocenters. The summed E-state index contributed by atoms with van der Waals surface area (Å²) in [7, 11) is 0. The Morgan fingerprint density at radius 2 is 1.53 bits per heavy atom. The van der Waals surface area contributed by atoms with Crippen molar-refractivity contribution in [1.82, 2.24) is 20.2 Å². The molecule has 1 heterocycles. The van der Waals surface area contributed by atoms with Crippen molar-refractivity contribution in [2.24, 2.45) is 0 Å². The smallest absolute Gasteiger partial charge is 0.215 e. The van der Waals surface area contributed by atoms with Crippen molar-refractivity contribution in [3.05, 3.63) is 101 Å². The second-order valence-corrected chi connectivity index (χ2v) is 8.42. The molecule has 0 amide bonds. The summed E-state index contributed by atoms with van der Waals surface area (Å²) in [6, 6.07) is 23.7. The fraction of sp³-hybridized carbons (Fsp3) is 0.167. The third-order valence-electron chi connectivity index (χ3n) is 4.86. The van der Waals surface area contributed by atoms with Crippen LogP contribution in [0.4, 0.5) is 0 Å². The Bertz CT molecular complexity index is 1170. The summed E-state index contributed by atoms with van der Waals surface area (Å²) in [5.41, 5.74) is 5.85. The second kappa shape index (κ2) is 8.63. The van der Waals surface area contributed by atoms with Crippen molar-refractivity contribution >= 4 is 17.5 Å². The lowest BCUT2D eigenvalue weighted by molar-refractivity contribution is 0.0989. The molecule has 0 aliphatic heterocycles. The van der Waals surface area contributed by atoms with Crippen LogP contribution in [0.1, 0.15) is 37.9 Å². The van der Waals surface area contributed by atoms with Gasteiger partial charge >= 0.3 is 0 Å². The first-order valence-corrected chi connectivity index (χ1v) is 10.6. The number of benzene rings is 3. The maximum atomic E-state index is 13.5. The lowest BCUT2D eigenvalue weighted by atomic mass is 10.0. The van der Waals surface area contributed by atoms with E-state index in [9.17, 15) is 4.79 Å². The molecule has 4 aromatic rings. The van der Waals surface area contributed by atoms with Crippen LogP contribution in [0.25, 0.3) is 5.69 Å². The summed E-state index contributed by atoms with van der Waals surface area (Å²) in [4.78, 5) is 13.5. The number of Topliss-reactive ketones (excluding diaryl/α,β-unsaturated/α-hetero) is 1. The zero-order chi connectivity index (χ0) is 21.1. The topological polar surface area (TPSA) is 60.7 Å². The molecule has 4 rings (SSSR count). The summed E-state index contributed by atoms with van der Waals surface area (Å²) in [6.07, 6.45) is 0. The van der Waals surface area contributed by atoms with Gasteiger partial charge in [0.25, 0.3) is 0 Å². The maximum Gasteiger partial charge on any atom is 0.215 e. The van der Waals surface area contributed by atoms with Gasteiger partial charge in [0.15, 0.2) is 5.78 Å². The van der Waals surface area contributed by atoms with Gasteiger partial charge in [0.05, 0.1) is 5.69 Å². The van der Waals surface area contributed by atoms with Crippen LogP contribution in [-0.4, -0.2) is 26.0 Å². The van der Waals surface area contributed by atoms with E-state index in [-0.39, 0.29) is 5.78 Å². The Morgan fingerprint density at radius 1 is 0.867 bits per heavy atom. The fourth-order valence-corrected chi connectivity index (χ4v) is 4.24. The average Bonchev–Trinajstić information content (AvgIpc) is 3.21. The number of hydrogen-bond acceptors (Lipinski definition) is 5. The monoisotopic (exact) mass is 414 g/mol. The van der Waals surface area contributed by atoms with Crippen molar-refractivity contribution in [2.45, 2.75) is 31.2 Å². The number of carbonyl (C=O) groups is 1. The number of thioether (sulfide) groups is 1. The average molecular weight is 415 g/mol. The molecule has 0 spiro atoms. The van der Waals surface area contributed by atoms with E-state index in [2.05, 4.69) is 15.5 Å². The summed E-state index contributed by atoms with van der Waals surface area (Å²) < 4.78 is 1.68. The summed E-state index contributed by atoms with van der Waals surface area (Å²) in [6.45, 7) is 6.07. The predicted molar refractivity (Wildman–Crippen MR) is 119 cm³/mol. The SMILES string of the molecule is Cc1ccc(C(=O)[C@H](Sc2nnnn2-c2cccc(C)c2)c2ccc(C)cc2)cc1. The number of aromatic nitrogens is 4. The molecule has 0 unspecified atom stereocenters. The summed E-state index contributed by atoms with van der Waals surface area (Å²) in [5.74, 6) is 0.0302. The van der Waals surface area contributed by atoms with Gasteiger partial charge in [0.2, 0.25) is 5.16 Å². The van der Waals surface area contributed by atoms with Gasteiger partial charge < -0.3 is 0 Å². The third kappa shape index (κ3) is 4.33. The van der Waals surface area contributed by atoms with Crippen molar-refractivity contribution in [2.75, 3.05) is 0 Å². The largest absolute Gasteiger partial charge is 0.293 e. The molecule has 5 nitrogen and oxygen atoms in total. The number of hydrogen-bond donors (Lipinski definition) is 0. The highest BCUT2D eigenvalue weighted by atomic mass is 32.2. The third-order valence-corrected chi connectivity index (χ3v) is 6.05. The van der Waals surface area contributed by atoms with E-state index in [4.69, 9.17) is 0 Å². The molecule has 30 heavy (non-hydrogen) atoms. The van der Waals surface area contributed by atoms with Crippen LogP contribution in [0, 0.1) is 20.8 Å². The molecule has 0 bridgehead atoms. The highest BCUT2D eigenvalue weighted by molar-refractivity contribution is 8.00. The molecule has 0 N–H and O–H groups in total. The maximum absolute atomic E-state index is 13.5. The number of aryl methyl sites for hydroxylation is 3. The van der Waals surface area contributed by atoms with Crippen LogP contribution in [-0.2, 0) is 0 Å². The lowest BCUT2D eigenvalue weighted by Gasteiger charge is -2.16. The molecule has 1 aromatic heterocycles. The van der Waals surface area contributed by atoms with Crippen LogP contribution in [0.15, 0.2) is 78.0 Å². The van der Waals surface area contributed by atoms with E-state index in [1.807, 2.05) is 93.6 Å². The van der Waals surface area contributed by atoms with Crippen LogP contribution >= 0.6 is 11.8 Å². The normalized spacial score (nSPS) is 12.0.